The monoisotopic (exact) mass is 234 g/mol. The first-order valence-electron chi connectivity index (χ1n) is 5.54. The van der Waals surface area contributed by atoms with Crippen LogP contribution in [0.3, 0.4) is 0 Å². The topological polar surface area (TPSA) is 37.8 Å². The highest BCUT2D eigenvalue weighted by atomic mass is 32.2. The van der Waals surface area contributed by atoms with Crippen LogP contribution in [0.2, 0.25) is 0 Å². The third kappa shape index (κ3) is 1.48. The Morgan fingerprint density at radius 2 is 2.44 bits per heavy atom. The number of hydrogen-bond acceptors (Lipinski definition) is 2. The fourth-order valence-corrected chi connectivity index (χ4v) is 3.59. The van der Waals surface area contributed by atoms with E-state index in [0.29, 0.717) is 6.04 Å². The highest BCUT2D eigenvalue weighted by molar-refractivity contribution is 7.99. The third-order valence-electron chi connectivity index (χ3n) is 3.14. The van der Waals surface area contributed by atoms with Crippen molar-refractivity contribution in [3.8, 4) is 0 Å². The number of fused-ring (bicyclic) bond motifs is 1. The van der Waals surface area contributed by atoms with Gasteiger partial charge in [0.2, 0.25) is 0 Å². The molecule has 1 fully saturated rings. The number of nitrogens with zero attached hydrogens (tertiary/aromatic N) is 1. The van der Waals surface area contributed by atoms with Crippen molar-refractivity contribution < 1.29 is 0 Å². The van der Waals surface area contributed by atoms with Gasteiger partial charge in [0.25, 0.3) is 5.56 Å². The first-order chi connectivity index (χ1) is 7.75. The minimum absolute atomic E-state index is 0.0388. The van der Waals surface area contributed by atoms with Crippen LogP contribution in [0.4, 0.5) is 0 Å². The highest BCUT2D eigenvalue weighted by Gasteiger charge is 2.19. The van der Waals surface area contributed by atoms with E-state index in [0.717, 1.165) is 22.3 Å². The number of aromatic nitrogens is 2. The van der Waals surface area contributed by atoms with Gasteiger partial charge in [-0.1, -0.05) is 0 Å². The second-order valence-corrected chi connectivity index (χ2v) is 5.48. The summed E-state index contributed by atoms with van der Waals surface area (Å²) in [6, 6.07) is 4.57. The van der Waals surface area contributed by atoms with Gasteiger partial charge >= 0.3 is 0 Å². The van der Waals surface area contributed by atoms with Crippen LogP contribution in [0.1, 0.15) is 18.2 Å². The molecule has 1 unspecified atom stereocenters. The Morgan fingerprint density at radius 1 is 1.56 bits per heavy atom. The van der Waals surface area contributed by atoms with Gasteiger partial charge in [0.1, 0.15) is 5.52 Å². The molecule has 4 heteroatoms. The van der Waals surface area contributed by atoms with Gasteiger partial charge in [0.05, 0.1) is 0 Å². The van der Waals surface area contributed by atoms with Crippen molar-refractivity contribution in [2.75, 3.05) is 11.5 Å². The minimum Gasteiger partial charge on any atom is -0.339 e. The summed E-state index contributed by atoms with van der Waals surface area (Å²) in [6.45, 7) is 1.92. The van der Waals surface area contributed by atoms with E-state index in [9.17, 15) is 4.79 Å². The van der Waals surface area contributed by atoms with E-state index in [1.54, 1.807) is 0 Å². The molecule has 1 aliphatic rings. The van der Waals surface area contributed by atoms with Crippen molar-refractivity contribution in [3.05, 3.63) is 34.4 Å². The van der Waals surface area contributed by atoms with Crippen molar-refractivity contribution in [2.24, 2.45) is 0 Å². The zero-order valence-corrected chi connectivity index (χ0v) is 10.0. The molecule has 1 N–H and O–H groups in total. The van der Waals surface area contributed by atoms with E-state index in [-0.39, 0.29) is 5.56 Å². The van der Waals surface area contributed by atoms with Crippen molar-refractivity contribution in [1.82, 2.24) is 9.55 Å². The van der Waals surface area contributed by atoms with E-state index < -0.39 is 0 Å². The number of hydrogen-bond donors (Lipinski definition) is 1. The maximum Gasteiger partial charge on any atom is 0.272 e. The molecule has 1 aliphatic heterocycles. The summed E-state index contributed by atoms with van der Waals surface area (Å²) < 4.78 is 2.15. The van der Waals surface area contributed by atoms with E-state index >= 15 is 0 Å². The van der Waals surface area contributed by atoms with Gasteiger partial charge in [-0.25, -0.2) is 0 Å². The standard InChI is InChI=1S/C12H14N2OS/c1-8-6-9-2-4-14(10-3-5-16-7-10)11(9)12(15)13-8/h2,4,6,10H,3,5,7H2,1H3,(H,13,15). The number of pyridine rings is 1. The van der Waals surface area contributed by atoms with Crippen LogP contribution in [0, 0.1) is 6.92 Å². The number of H-pyrrole nitrogens is 1. The van der Waals surface area contributed by atoms with Crippen LogP contribution in [-0.4, -0.2) is 21.1 Å². The summed E-state index contributed by atoms with van der Waals surface area (Å²) in [4.78, 5) is 14.8. The summed E-state index contributed by atoms with van der Waals surface area (Å²) in [7, 11) is 0. The molecule has 0 radical (unpaired) electrons. The molecule has 2 aromatic heterocycles. The smallest absolute Gasteiger partial charge is 0.272 e. The van der Waals surface area contributed by atoms with E-state index in [4.69, 9.17) is 0 Å². The van der Waals surface area contributed by atoms with Crippen molar-refractivity contribution in [1.29, 1.82) is 0 Å². The molecule has 16 heavy (non-hydrogen) atoms. The van der Waals surface area contributed by atoms with Crippen molar-refractivity contribution >= 4 is 22.7 Å². The molecular weight excluding hydrogens is 220 g/mol. The lowest BCUT2D eigenvalue weighted by atomic mass is 10.2. The number of thioether (sulfide) groups is 1. The Morgan fingerprint density at radius 3 is 3.19 bits per heavy atom. The number of rotatable bonds is 1. The Bertz CT molecular complexity index is 578. The van der Waals surface area contributed by atoms with E-state index in [1.165, 1.54) is 12.2 Å². The molecule has 84 valence electrons. The first-order valence-corrected chi connectivity index (χ1v) is 6.69. The number of aryl methyl sites for hydroxylation is 1. The summed E-state index contributed by atoms with van der Waals surface area (Å²) in [5.74, 6) is 2.32. The molecule has 0 amide bonds. The van der Waals surface area contributed by atoms with Crippen LogP contribution in [-0.2, 0) is 0 Å². The van der Waals surface area contributed by atoms with Crippen LogP contribution in [0.5, 0.6) is 0 Å². The van der Waals surface area contributed by atoms with Gasteiger partial charge in [0, 0.05) is 29.1 Å². The fraction of sp³-hybridized carbons (Fsp3) is 0.417. The van der Waals surface area contributed by atoms with Gasteiger partial charge < -0.3 is 9.55 Å². The molecule has 0 saturated carbocycles. The zero-order valence-electron chi connectivity index (χ0n) is 9.19. The third-order valence-corrected chi connectivity index (χ3v) is 4.29. The molecule has 1 saturated heterocycles. The van der Waals surface area contributed by atoms with Gasteiger partial charge in [-0.3, -0.25) is 4.79 Å². The predicted octanol–water partition coefficient (Wildman–Crippen LogP) is 2.32. The van der Waals surface area contributed by atoms with Crippen LogP contribution in [0.15, 0.2) is 23.1 Å². The maximum atomic E-state index is 12.0. The molecule has 0 bridgehead atoms. The molecule has 3 rings (SSSR count). The highest BCUT2D eigenvalue weighted by Crippen LogP contribution is 2.30. The molecule has 0 aliphatic carbocycles. The lowest BCUT2D eigenvalue weighted by Gasteiger charge is -2.11. The molecule has 3 heterocycles. The largest absolute Gasteiger partial charge is 0.339 e. The second kappa shape index (κ2) is 3.70. The quantitative estimate of drug-likeness (QED) is 0.822. The SMILES string of the molecule is Cc1cc2ccn(C3CCSC3)c2c(=O)[nH]1. The summed E-state index contributed by atoms with van der Waals surface area (Å²) in [5, 5.41) is 1.05. The molecule has 3 nitrogen and oxygen atoms in total. The Kier molecular flexibility index (Phi) is 2.32. The lowest BCUT2D eigenvalue weighted by Crippen LogP contribution is -2.15. The van der Waals surface area contributed by atoms with Gasteiger partial charge in [0.15, 0.2) is 0 Å². The van der Waals surface area contributed by atoms with Gasteiger partial charge in [-0.05, 0) is 31.2 Å². The van der Waals surface area contributed by atoms with Gasteiger partial charge in [-0.15, -0.1) is 0 Å². The van der Waals surface area contributed by atoms with Crippen LogP contribution >= 0.6 is 11.8 Å². The average molecular weight is 234 g/mol. The molecule has 0 aromatic carbocycles. The Labute approximate surface area is 97.9 Å². The maximum absolute atomic E-state index is 12.0. The number of aromatic amines is 1. The van der Waals surface area contributed by atoms with E-state index in [2.05, 4.69) is 15.7 Å². The predicted molar refractivity (Wildman–Crippen MR) is 68.3 cm³/mol. The lowest BCUT2D eigenvalue weighted by molar-refractivity contribution is 0.578. The van der Waals surface area contributed by atoms with Gasteiger partial charge in [-0.2, -0.15) is 11.8 Å². The van der Waals surface area contributed by atoms with Crippen LogP contribution < -0.4 is 5.56 Å². The summed E-state index contributed by atoms with van der Waals surface area (Å²) >= 11 is 1.96. The Hall–Kier alpha value is -1.16. The van der Waals surface area contributed by atoms with Crippen molar-refractivity contribution in [2.45, 2.75) is 19.4 Å². The second-order valence-electron chi connectivity index (χ2n) is 4.33. The summed E-state index contributed by atoms with van der Waals surface area (Å²) in [5.41, 5.74) is 1.80. The summed E-state index contributed by atoms with van der Waals surface area (Å²) in [6.07, 6.45) is 3.22. The minimum atomic E-state index is 0.0388. The molecule has 0 spiro atoms. The first kappa shape index (κ1) is 10.0. The zero-order chi connectivity index (χ0) is 11.1. The average Bonchev–Trinajstić information content (AvgIpc) is 2.82. The van der Waals surface area contributed by atoms with E-state index in [1.807, 2.05) is 30.8 Å². The van der Waals surface area contributed by atoms with Crippen molar-refractivity contribution in [3.63, 3.8) is 0 Å². The Balaban J connectivity index is 2.22. The molecular formula is C12H14N2OS. The number of nitrogens with one attached hydrogen (secondary N) is 1. The molecule has 2 aromatic rings. The van der Waals surface area contributed by atoms with Crippen LogP contribution in [0.25, 0.3) is 10.9 Å². The fourth-order valence-electron chi connectivity index (χ4n) is 2.38. The normalized spacial score (nSPS) is 20.7. The molecule has 1 atom stereocenters.